The first-order chi connectivity index (χ1) is 6.40. The summed E-state index contributed by atoms with van der Waals surface area (Å²) < 4.78 is 1.62. The maximum atomic E-state index is 5.36. The van der Waals surface area contributed by atoms with Crippen LogP contribution in [0.5, 0.6) is 0 Å². The van der Waals surface area contributed by atoms with Crippen LogP contribution in [0, 0.1) is 0 Å². The lowest BCUT2D eigenvalue weighted by molar-refractivity contribution is 0.812. The molecule has 2 heterocycles. The van der Waals surface area contributed by atoms with Crippen molar-refractivity contribution in [3.63, 3.8) is 0 Å². The standard InChI is InChI=1S/C7H12N6/c8-3-1-4-9-7-11-6-2-5-10-13(6)12-7/h2,5H,1,3-4,8H2,(H2,9,11,12). The molecule has 0 atom stereocenters. The predicted octanol–water partition coefficient (Wildman–Crippen LogP) is -0.182. The molecule has 0 aliphatic carbocycles. The number of anilines is 1. The number of rotatable bonds is 4. The quantitative estimate of drug-likeness (QED) is 0.570. The van der Waals surface area contributed by atoms with Gasteiger partial charge in [0.05, 0.1) is 6.20 Å². The molecule has 0 saturated heterocycles. The van der Waals surface area contributed by atoms with Gasteiger partial charge in [-0.1, -0.05) is 0 Å². The molecule has 0 spiro atoms. The van der Waals surface area contributed by atoms with Crippen LogP contribution in [0.15, 0.2) is 12.3 Å². The number of nitrogens with two attached hydrogens (primary N) is 1. The molecule has 0 fully saturated rings. The zero-order valence-electron chi connectivity index (χ0n) is 7.20. The number of hydrogen-bond acceptors (Lipinski definition) is 4. The molecule has 0 saturated carbocycles. The summed E-state index contributed by atoms with van der Waals surface area (Å²) in [6.07, 6.45) is 2.63. The van der Waals surface area contributed by atoms with Crippen LogP contribution in [-0.4, -0.2) is 32.9 Å². The monoisotopic (exact) mass is 180 g/mol. The van der Waals surface area contributed by atoms with Gasteiger partial charge in [-0.15, -0.1) is 0 Å². The van der Waals surface area contributed by atoms with Gasteiger partial charge in [-0.2, -0.15) is 14.7 Å². The Morgan fingerprint density at radius 1 is 1.62 bits per heavy atom. The minimum Gasteiger partial charge on any atom is -0.355 e. The number of nitrogens with one attached hydrogen (secondary N) is 2. The fraction of sp³-hybridized carbons (Fsp3) is 0.429. The van der Waals surface area contributed by atoms with E-state index < -0.39 is 0 Å². The van der Waals surface area contributed by atoms with Crippen LogP contribution >= 0.6 is 0 Å². The Morgan fingerprint density at radius 3 is 3.31 bits per heavy atom. The van der Waals surface area contributed by atoms with E-state index in [1.54, 1.807) is 10.8 Å². The molecule has 0 amide bonds. The third-order valence-corrected chi connectivity index (χ3v) is 1.73. The van der Waals surface area contributed by atoms with Gasteiger partial charge in [0, 0.05) is 12.6 Å². The van der Waals surface area contributed by atoms with Gasteiger partial charge in [0.1, 0.15) is 0 Å². The summed E-state index contributed by atoms with van der Waals surface area (Å²) in [4.78, 5) is 4.24. The van der Waals surface area contributed by atoms with Crippen molar-refractivity contribution in [1.29, 1.82) is 0 Å². The molecule has 13 heavy (non-hydrogen) atoms. The Morgan fingerprint density at radius 2 is 2.54 bits per heavy atom. The summed E-state index contributed by atoms with van der Waals surface area (Å²) >= 11 is 0. The topological polar surface area (TPSA) is 84.0 Å². The lowest BCUT2D eigenvalue weighted by atomic mass is 10.4. The Hall–Kier alpha value is -1.56. The number of hydrogen-bond donors (Lipinski definition) is 3. The molecule has 4 N–H and O–H groups in total. The van der Waals surface area contributed by atoms with Crippen LogP contribution in [0.2, 0.25) is 0 Å². The van der Waals surface area contributed by atoms with E-state index in [0.29, 0.717) is 6.54 Å². The summed E-state index contributed by atoms with van der Waals surface area (Å²) in [7, 11) is 0. The smallest absolute Gasteiger partial charge is 0.218 e. The van der Waals surface area contributed by atoms with Crippen LogP contribution in [0.4, 0.5) is 5.95 Å². The number of aromatic nitrogens is 4. The third-order valence-electron chi connectivity index (χ3n) is 1.73. The lowest BCUT2D eigenvalue weighted by Crippen LogP contribution is -2.09. The zero-order valence-corrected chi connectivity index (χ0v) is 7.20. The molecular formula is C7H12N6. The molecule has 2 rings (SSSR count). The average molecular weight is 180 g/mol. The van der Waals surface area contributed by atoms with Crippen molar-refractivity contribution in [3.8, 4) is 0 Å². The van der Waals surface area contributed by atoms with Crippen molar-refractivity contribution >= 4 is 11.6 Å². The fourth-order valence-corrected chi connectivity index (χ4v) is 1.09. The van der Waals surface area contributed by atoms with Crippen LogP contribution in [-0.2, 0) is 0 Å². The van der Waals surface area contributed by atoms with E-state index in [0.717, 1.165) is 24.6 Å². The molecule has 0 bridgehead atoms. The van der Waals surface area contributed by atoms with Crippen molar-refractivity contribution < 1.29 is 0 Å². The highest BCUT2D eigenvalue weighted by atomic mass is 15.5. The Balaban J connectivity index is 2.03. The minimum absolute atomic E-state index is 0.685. The number of aromatic amines is 1. The molecule has 0 radical (unpaired) electrons. The summed E-state index contributed by atoms with van der Waals surface area (Å²) in [5.74, 6) is 0.733. The zero-order chi connectivity index (χ0) is 9.10. The van der Waals surface area contributed by atoms with Gasteiger partial charge in [0.25, 0.3) is 0 Å². The van der Waals surface area contributed by atoms with Crippen molar-refractivity contribution in [2.45, 2.75) is 6.42 Å². The molecule has 6 heteroatoms. The molecule has 0 aromatic carbocycles. The van der Waals surface area contributed by atoms with Crippen LogP contribution in [0.1, 0.15) is 6.42 Å². The Kier molecular flexibility index (Phi) is 2.13. The molecule has 0 aliphatic heterocycles. The van der Waals surface area contributed by atoms with Crippen molar-refractivity contribution in [2.24, 2.45) is 5.73 Å². The average Bonchev–Trinajstić information content (AvgIpc) is 2.64. The molecule has 2 aromatic rings. The van der Waals surface area contributed by atoms with E-state index in [-0.39, 0.29) is 0 Å². The lowest BCUT2D eigenvalue weighted by Gasteiger charge is -1.98. The number of nitrogens with zero attached hydrogens (tertiary/aromatic N) is 3. The Bertz CT molecular complexity index is 346. The Labute approximate surface area is 75.1 Å². The molecule has 0 unspecified atom stereocenters. The molecular weight excluding hydrogens is 168 g/mol. The van der Waals surface area contributed by atoms with E-state index in [9.17, 15) is 0 Å². The van der Waals surface area contributed by atoms with Gasteiger partial charge < -0.3 is 11.1 Å². The highest BCUT2D eigenvalue weighted by Crippen LogP contribution is 2.02. The van der Waals surface area contributed by atoms with Gasteiger partial charge >= 0.3 is 0 Å². The van der Waals surface area contributed by atoms with E-state index >= 15 is 0 Å². The summed E-state index contributed by atoms with van der Waals surface area (Å²) in [5.41, 5.74) is 6.17. The maximum Gasteiger partial charge on any atom is 0.218 e. The van der Waals surface area contributed by atoms with Crippen LogP contribution < -0.4 is 11.1 Å². The van der Waals surface area contributed by atoms with Gasteiger partial charge in [-0.05, 0) is 13.0 Å². The fourth-order valence-electron chi connectivity index (χ4n) is 1.09. The molecule has 70 valence electrons. The van der Waals surface area contributed by atoms with Crippen molar-refractivity contribution in [3.05, 3.63) is 12.3 Å². The number of fused-ring (bicyclic) bond motifs is 1. The van der Waals surface area contributed by atoms with Gasteiger partial charge in [0.15, 0.2) is 5.65 Å². The predicted molar refractivity (Wildman–Crippen MR) is 49.5 cm³/mol. The van der Waals surface area contributed by atoms with E-state index in [2.05, 4.69) is 20.5 Å². The van der Waals surface area contributed by atoms with Crippen molar-refractivity contribution in [1.82, 2.24) is 19.8 Å². The summed E-state index contributed by atoms with van der Waals surface area (Å²) in [6.45, 7) is 1.51. The second-order valence-electron chi connectivity index (χ2n) is 2.74. The summed E-state index contributed by atoms with van der Waals surface area (Å²) in [5, 5.41) is 10.1. The van der Waals surface area contributed by atoms with Crippen molar-refractivity contribution in [2.75, 3.05) is 18.4 Å². The highest BCUT2D eigenvalue weighted by Gasteiger charge is 2.00. The van der Waals surface area contributed by atoms with Gasteiger partial charge in [-0.3, -0.25) is 0 Å². The maximum absolute atomic E-state index is 5.36. The first kappa shape index (κ1) is 8.06. The first-order valence-corrected chi connectivity index (χ1v) is 4.24. The highest BCUT2D eigenvalue weighted by molar-refractivity contribution is 5.41. The third kappa shape index (κ3) is 1.62. The summed E-state index contributed by atoms with van der Waals surface area (Å²) in [6, 6.07) is 1.84. The van der Waals surface area contributed by atoms with Crippen LogP contribution in [0.3, 0.4) is 0 Å². The number of H-pyrrole nitrogens is 1. The minimum atomic E-state index is 0.685. The molecule has 2 aromatic heterocycles. The van der Waals surface area contributed by atoms with Gasteiger partial charge in [0.2, 0.25) is 5.95 Å². The second kappa shape index (κ2) is 3.44. The van der Waals surface area contributed by atoms with E-state index in [1.165, 1.54) is 0 Å². The largest absolute Gasteiger partial charge is 0.355 e. The van der Waals surface area contributed by atoms with Crippen LogP contribution in [0.25, 0.3) is 5.65 Å². The van der Waals surface area contributed by atoms with E-state index in [4.69, 9.17) is 5.73 Å². The first-order valence-electron chi connectivity index (χ1n) is 4.24. The SMILES string of the molecule is NCCCNc1nc2ccnn2[nH]1. The second-order valence-corrected chi connectivity index (χ2v) is 2.74. The molecule has 0 aliphatic rings. The van der Waals surface area contributed by atoms with E-state index in [1.807, 2.05) is 6.07 Å². The van der Waals surface area contributed by atoms with Gasteiger partial charge in [-0.25, -0.2) is 5.10 Å². The normalized spacial score (nSPS) is 10.8. The molecule has 6 nitrogen and oxygen atoms in total.